The number of benzene rings is 5. The van der Waals surface area contributed by atoms with Crippen molar-refractivity contribution in [3.8, 4) is 0 Å². The molecule has 276 valence electrons. The molecule has 10 heteroatoms. The molecule has 6 rings (SSSR count). The summed E-state index contributed by atoms with van der Waals surface area (Å²) in [6, 6.07) is 40.7. The molecule has 1 fully saturated rings. The van der Waals surface area contributed by atoms with Gasteiger partial charge in [0, 0.05) is 31.6 Å². The van der Waals surface area contributed by atoms with Crippen LogP contribution in [-0.2, 0) is 50.4 Å². The smallest absolute Gasteiger partial charge is 0.241 e. The molecule has 0 saturated carbocycles. The Morgan fingerprint density at radius 2 is 1.38 bits per heavy atom. The van der Waals surface area contributed by atoms with Crippen molar-refractivity contribution < 1.29 is 27.8 Å². The zero-order valence-electron chi connectivity index (χ0n) is 30.1. The van der Waals surface area contributed by atoms with E-state index in [0.717, 1.165) is 39.9 Å². The first kappa shape index (κ1) is 38.1. The summed E-state index contributed by atoms with van der Waals surface area (Å²) in [5, 5.41) is 12.5. The summed E-state index contributed by atoms with van der Waals surface area (Å²) in [6.07, 6.45) is -0.0548. The summed E-state index contributed by atoms with van der Waals surface area (Å²) in [7, 11) is -1.86. The predicted molar refractivity (Wildman–Crippen MR) is 205 cm³/mol. The Hall–Kier alpha value is -4.68. The highest BCUT2D eigenvalue weighted by Gasteiger charge is 2.33. The highest BCUT2D eigenvalue weighted by Crippen LogP contribution is 2.38. The van der Waals surface area contributed by atoms with Gasteiger partial charge in [0.05, 0.1) is 23.7 Å². The van der Waals surface area contributed by atoms with Gasteiger partial charge in [0.2, 0.25) is 15.9 Å². The fourth-order valence-corrected chi connectivity index (χ4v) is 7.65. The van der Waals surface area contributed by atoms with Crippen LogP contribution in [0.2, 0.25) is 0 Å². The first-order chi connectivity index (χ1) is 25.6. The molecular weight excluding hydrogens is 687 g/mol. The second-order valence-electron chi connectivity index (χ2n) is 13.7. The third-order valence-electron chi connectivity index (χ3n) is 9.37. The van der Waals surface area contributed by atoms with Gasteiger partial charge in [-0.3, -0.25) is 9.69 Å². The molecule has 1 heterocycles. The van der Waals surface area contributed by atoms with Gasteiger partial charge >= 0.3 is 0 Å². The van der Waals surface area contributed by atoms with Crippen LogP contribution in [0.3, 0.4) is 0 Å². The summed E-state index contributed by atoms with van der Waals surface area (Å²) in [5.74, 6) is -0.426. The van der Waals surface area contributed by atoms with Crippen molar-refractivity contribution in [2.75, 3.05) is 13.6 Å². The maximum atomic E-state index is 13.6. The Kier molecular flexibility index (Phi) is 12.9. The number of likely N-dealkylation sites (N-methyl/N-ethyl adjacent to an activating group) is 1. The quantitative estimate of drug-likeness (QED) is 0.115. The number of sulfonamides is 1. The number of aliphatic hydroxyl groups is 1. The minimum Gasteiger partial charge on any atom is -0.392 e. The van der Waals surface area contributed by atoms with E-state index < -0.39 is 28.3 Å². The van der Waals surface area contributed by atoms with Gasteiger partial charge in [-0.1, -0.05) is 127 Å². The highest BCUT2D eigenvalue weighted by molar-refractivity contribution is 7.89. The van der Waals surface area contributed by atoms with Crippen molar-refractivity contribution in [1.82, 2.24) is 14.9 Å². The monoisotopic (exact) mass is 733 g/mol. The van der Waals surface area contributed by atoms with Gasteiger partial charge in [0.25, 0.3) is 0 Å². The van der Waals surface area contributed by atoms with E-state index >= 15 is 0 Å². The Morgan fingerprint density at radius 3 is 2.02 bits per heavy atom. The van der Waals surface area contributed by atoms with Crippen molar-refractivity contribution in [1.29, 1.82) is 0 Å². The number of nitrogens with zero attached hydrogens (tertiary/aromatic N) is 1. The van der Waals surface area contributed by atoms with Crippen LogP contribution in [-0.4, -0.2) is 50.1 Å². The fraction of sp³-hybridized carbons (Fsp3) is 0.279. The summed E-state index contributed by atoms with van der Waals surface area (Å²) < 4.78 is 42.3. The first-order valence-electron chi connectivity index (χ1n) is 17.9. The number of aliphatic hydroxyl groups excluding tert-OH is 1. The van der Waals surface area contributed by atoms with E-state index in [-0.39, 0.29) is 36.7 Å². The maximum Gasteiger partial charge on any atom is 0.241 e. The number of nitrogens with one attached hydrogen (secondary N) is 2. The zero-order chi connectivity index (χ0) is 37.2. The zero-order valence-corrected chi connectivity index (χ0v) is 30.9. The van der Waals surface area contributed by atoms with Crippen molar-refractivity contribution in [3.63, 3.8) is 0 Å². The molecule has 3 N–H and O–H groups in total. The normalized spacial score (nSPS) is 18.1. The van der Waals surface area contributed by atoms with Crippen LogP contribution >= 0.6 is 0 Å². The van der Waals surface area contributed by atoms with E-state index in [1.165, 1.54) is 17.7 Å². The van der Waals surface area contributed by atoms with E-state index in [2.05, 4.69) is 34.1 Å². The lowest BCUT2D eigenvalue weighted by Crippen LogP contribution is -2.47. The number of hydrogen-bond donors (Lipinski definition) is 3. The van der Waals surface area contributed by atoms with E-state index in [4.69, 9.17) is 9.47 Å². The van der Waals surface area contributed by atoms with Crippen molar-refractivity contribution >= 4 is 15.9 Å². The molecule has 0 aliphatic carbocycles. The average molecular weight is 734 g/mol. The molecule has 0 radical (unpaired) electrons. The van der Waals surface area contributed by atoms with Gasteiger partial charge in [0.1, 0.15) is 6.04 Å². The van der Waals surface area contributed by atoms with Crippen molar-refractivity contribution in [2.45, 2.75) is 68.9 Å². The van der Waals surface area contributed by atoms with E-state index in [1.54, 1.807) is 12.1 Å². The number of rotatable bonds is 15. The Balaban J connectivity index is 1.13. The van der Waals surface area contributed by atoms with Crippen LogP contribution in [0, 0.1) is 6.92 Å². The minimum atomic E-state index is -3.95. The van der Waals surface area contributed by atoms with Gasteiger partial charge in [-0.05, 0) is 60.3 Å². The third kappa shape index (κ3) is 10.7. The summed E-state index contributed by atoms with van der Waals surface area (Å²) >= 11 is 0. The largest absolute Gasteiger partial charge is 0.392 e. The SMILES string of the molecule is Cc1ccc(S(=O)(=O)N[C@H](Cc2ccccc2)C(=O)NCc2ccc([C@@H]3O[C@H](CN(C)Cc4ccccc4)C[C@H](c4ccc(CO)cc4)O3)cc2)cc1. The lowest BCUT2D eigenvalue weighted by atomic mass is 9.99. The van der Waals surface area contributed by atoms with Crippen LogP contribution in [0.25, 0.3) is 0 Å². The predicted octanol–water partition coefficient (Wildman–Crippen LogP) is 6.37. The molecule has 4 atom stereocenters. The van der Waals surface area contributed by atoms with Gasteiger partial charge in [-0.25, -0.2) is 8.42 Å². The molecule has 1 amide bonds. The summed E-state index contributed by atoms with van der Waals surface area (Å²) in [4.78, 5) is 15.9. The molecular formula is C43H47N3O6S. The van der Waals surface area contributed by atoms with Crippen molar-refractivity contribution in [2.24, 2.45) is 0 Å². The Labute approximate surface area is 312 Å². The molecule has 1 saturated heterocycles. The van der Waals surface area contributed by atoms with Crippen LogP contribution in [0.15, 0.2) is 138 Å². The molecule has 0 spiro atoms. The van der Waals surface area contributed by atoms with Gasteiger partial charge in [0.15, 0.2) is 6.29 Å². The lowest BCUT2D eigenvalue weighted by Gasteiger charge is -2.38. The molecule has 5 aromatic rings. The lowest BCUT2D eigenvalue weighted by molar-refractivity contribution is -0.252. The molecule has 0 unspecified atom stereocenters. The van der Waals surface area contributed by atoms with Crippen LogP contribution in [0.4, 0.5) is 0 Å². The number of amides is 1. The summed E-state index contributed by atoms with van der Waals surface area (Å²) in [6.45, 7) is 3.57. The van der Waals surface area contributed by atoms with Gasteiger partial charge in [-0.15, -0.1) is 0 Å². The number of hydrogen-bond acceptors (Lipinski definition) is 7. The molecule has 1 aliphatic rings. The third-order valence-corrected chi connectivity index (χ3v) is 10.9. The van der Waals surface area contributed by atoms with Crippen LogP contribution in [0.5, 0.6) is 0 Å². The first-order valence-corrected chi connectivity index (χ1v) is 19.4. The Bertz CT molecular complexity index is 2010. The van der Waals surface area contributed by atoms with Crippen molar-refractivity contribution in [3.05, 3.63) is 172 Å². The van der Waals surface area contributed by atoms with Gasteiger partial charge in [-0.2, -0.15) is 4.72 Å². The Morgan fingerprint density at radius 1 is 0.774 bits per heavy atom. The molecule has 0 bridgehead atoms. The fourth-order valence-electron chi connectivity index (χ4n) is 6.46. The number of carbonyl (C=O) groups is 1. The van der Waals surface area contributed by atoms with E-state index in [9.17, 15) is 18.3 Å². The summed E-state index contributed by atoms with van der Waals surface area (Å²) in [5.41, 5.74) is 6.56. The number of aryl methyl sites for hydroxylation is 1. The second-order valence-corrected chi connectivity index (χ2v) is 15.4. The molecule has 53 heavy (non-hydrogen) atoms. The number of carbonyl (C=O) groups excluding carboxylic acids is 1. The highest BCUT2D eigenvalue weighted by atomic mass is 32.2. The molecule has 0 aromatic heterocycles. The van der Waals surface area contributed by atoms with E-state index in [0.29, 0.717) is 13.0 Å². The molecule has 9 nitrogen and oxygen atoms in total. The van der Waals surface area contributed by atoms with Gasteiger partial charge < -0.3 is 19.9 Å². The topological polar surface area (TPSA) is 117 Å². The standard InChI is InChI=1S/C43H47N3O6S/c1-31-13-23-39(24-14-31)53(49,50)45-40(25-32-9-5-3-6-10-32)42(48)44-27-33-15-21-37(22-16-33)43-51-38(29-46(2)28-34-11-7-4-8-12-34)26-41(52-43)36-19-17-35(30-47)18-20-36/h3-24,38,40-41,43,45,47H,25-30H2,1-2H3,(H,44,48)/t38-,40+,41+,43+/m0/s1. The molecule has 5 aromatic carbocycles. The minimum absolute atomic E-state index is 0.0199. The van der Waals surface area contributed by atoms with Crippen LogP contribution < -0.4 is 10.0 Å². The van der Waals surface area contributed by atoms with E-state index in [1.807, 2.05) is 104 Å². The second kappa shape index (κ2) is 17.9. The van der Waals surface area contributed by atoms with Crippen LogP contribution in [0.1, 0.15) is 57.8 Å². The average Bonchev–Trinajstić information content (AvgIpc) is 3.17. The maximum absolute atomic E-state index is 13.6. The molecule has 1 aliphatic heterocycles. The number of ether oxygens (including phenoxy) is 2.